The van der Waals surface area contributed by atoms with E-state index in [0.29, 0.717) is 5.69 Å². The lowest BCUT2D eigenvalue weighted by Gasteiger charge is -2.11. The third-order valence-electron chi connectivity index (χ3n) is 3.66. The zero-order valence-corrected chi connectivity index (χ0v) is 16.2. The maximum Gasteiger partial charge on any atom is 0.286 e. The molecule has 0 saturated heterocycles. The number of ether oxygens (including phenoxy) is 1. The summed E-state index contributed by atoms with van der Waals surface area (Å²) in [5.41, 5.74) is 6.23. The van der Waals surface area contributed by atoms with Crippen molar-refractivity contribution in [2.75, 3.05) is 5.32 Å². The predicted molar refractivity (Wildman–Crippen MR) is 110 cm³/mol. The highest BCUT2D eigenvalue weighted by Gasteiger charge is 2.11. The summed E-state index contributed by atoms with van der Waals surface area (Å²) in [5.74, 6) is -2.44. The van der Waals surface area contributed by atoms with Gasteiger partial charge in [0.25, 0.3) is 5.91 Å². The van der Waals surface area contributed by atoms with E-state index in [0.717, 1.165) is 11.6 Å². The smallest absolute Gasteiger partial charge is 0.286 e. The molecule has 3 aromatic rings. The standard InChI is InChI=1S/C20H15FN5O3S/c21-14-11-13(24-20(30)25-16(27)10-12-4-2-1-3-5-12)6-7-15(14)29-17-8-9-23-19(26-17)18(22)28/h1-8,11H,10H2,(H2,22,28)(H2,24,25,27,30). The van der Waals surface area contributed by atoms with Gasteiger partial charge >= 0.3 is 0 Å². The molecule has 1 aromatic heterocycles. The second-order valence-electron chi connectivity index (χ2n) is 5.94. The summed E-state index contributed by atoms with van der Waals surface area (Å²) >= 11 is 5.09. The van der Waals surface area contributed by atoms with Crippen molar-refractivity contribution in [3.8, 4) is 11.6 Å². The van der Waals surface area contributed by atoms with E-state index in [4.69, 9.17) is 22.7 Å². The van der Waals surface area contributed by atoms with Gasteiger partial charge in [0, 0.05) is 17.8 Å². The minimum Gasteiger partial charge on any atom is -0.436 e. The summed E-state index contributed by atoms with van der Waals surface area (Å²) in [5, 5.41) is 5.28. The summed E-state index contributed by atoms with van der Waals surface area (Å²) in [4.78, 5) is 30.4. The van der Waals surface area contributed by atoms with Gasteiger partial charge in [0.15, 0.2) is 16.7 Å². The highest BCUT2D eigenvalue weighted by atomic mass is 32.1. The van der Waals surface area contributed by atoms with Gasteiger partial charge in [0.05, 0.1) is 12.6 Å². The number of hydrogen-bond acceptors (Lipinski definition) is 6. The minimum absolute atomic E-state index is 0.0282. The van der Waals surface area contributed by atoms with Crippen LogP contribution in [0.25, 0.3) is 0 Å². The molecule has 10 heteroatoms. The first-order valence-corrected chi connectivity index (χ1v) is 8.98. The largest absolute Gasteiger partial charge is 0.436 e. The van der Waals surface area contributed by atoms with Gasteiger partial charge < -0.3 is 21.1 Å². The van der Waals surface area contributed by atoms with Gasteiger partial charge in [-0.15, -0.1) is 0 Å². The number of nitrogens with one attached hydrogen (secondary N) is 2. The SMILES string of the molecule is NC(=O)c1n[c]cc(Oc2ccc(NC(=S)NC(=O)Cc3ccccc3)cc2F)n1. The van der Waals surface area contributed by atoms with E-state index in [1.54, 1.807) is 0 Å². The number of halogens is 1. The zero-order chi connectivity index (χ0) is 21.5. The van der Waals surface area contributed by atoms with E-state index >= 15 is 0 Å². The summed E-state index contributed by atoms with van der Waals surface area (Å²) in [6.45, 7) is 0. The summed E-state index contributed by atoms with van der Waals surface area (Å²) in [7, 11) is 0. The van der Waals surface area contributed by atoms with E-state index in [2.05, 4.69) is 26.8 Å². The quantitative estimate of drug-likeness (QED) is 0.520. The van der Waals surface area contributed by atoms with Crippen molar-refractivity contribution < 1.29 is 18.7 Å². The van der Waals surface area contributed by atoms with Crippen molar-refractivity contribution in [1.29, 1.82) is 0 Å². The fourth-order valence-electron chi connectivity index (χ4n) is 2.36. The van der Waals surface area contributed by atoms with Crippen LogP contribution in [0.15, 0.2) is 54.6 Å². The molecule has 3 rings (SSSR count). The average molecular weight is 424 g/mol. The molecule has 0 unspecified atom stereocenters. The first-order chi connectivity index (χ1) is 14.4. The van der Waals surface area contributed by atoms with E-state index in [-0.39, 0.29) is 34.9 Å². The highest BCUT2D eigenvalue weighted by molar-refractivity contribution is 7.80. The molecule has 0 atom stereocenters. The highest BCUT2D eigenvalue weighted by Crippen LogP contribution is 2.25. The van der Waals surface area contributed by atoms with Crippen LogP contribution >= 0.6 is 12.2 Å². The number of carbonyl (C=O) groups excluding carboxylic acids is 2. The molecule has 0 bridgehead atoms. The van der Waals surface area contributed by atoms with Crippen molar-refractivity contribution in [3.05, 3.63) is 78.0 Å². The van der Waals surface area contributed by atoms with Crippen LogP contribution in [-0.4, -0.2) is 26.9 Å². The Labute approximate surface area is 176 Å². The zero-order valence-electron chi connectivity index (χ0n) is 15.4. The third-order valence-corrected chi connectivity index (χ3v) is 3.86. The molecule has 1 radical (unpaired) electrons. The van der Waals surface area contributed by atoms with E-state index < -0.39 is 11.7 Å². The lowest BCUT2D eigenvalue weighted by atomic mass is 10.1. The Balaban J connectivity index is 1.59. The number of hydrogen-bond donors (Lipinski definition) is 3. The van der Waals surface area contributed by atoms with Crippen LogP contribution in [0.1, 0.15) is 16.2 Å². The van der Waals surface area contributed by atoms with Crippen LogP contribution in [0.3, 0.4) is 0 Å². The van der Waals surface area contributed by atoms with Crippen LogP contribution in [0.5, 0.6) is 11.6 Å². The molecule has 0 aliphatic rings. The van der Waals surface area contributed by atoms with Crippen LogP contribution in [0, 0.1) is 12.0 Å². The maximum absolute atomic E-state index is 14.4. The minimum atomic E-state index is -0.862. The molecule has 0 saturated carbocycles. The molecule has 30 heavy (non-hydrogen) atoms. The van der Waals surface area contributed by atoms with Gasteiger partial charge in [-0.2, -0.15) is 4.98 Å². The normalized spacial score (nSPS) is 10.2. The van der Waals surface area contributed by atoms with Crippen molar-refractivity contribution >= 4 is 34.8 Å². The fraction of sp³-hybridized carbons (Fsp3) is 0.0500. The number of benzene rings is 2. The number of primary amides is 1. The van der Waals surface area contributed by atoms with Crippen molar-refractivity contribution in [1.82, 2.24) is 15.3 Å². The van der Waals surface area contributed by atoms with Gasteiger partial charge in [-0.3, -0.25) is 9.59 Å². The predicted octanol–water partition coefficient (Wildman–Crippen LogP) is 2.36. The Kier molecular flexibility index (Phi) is 6.60. The molecule has 0 aliphatic carbocycles. The Morgan fingerprint density at radius 2 is 1.97 bits per heavy atom. The Morgan fingerprint density at radius 1 is 1.20 bits per heavy atom. The monoisotopic (exact) mass is 424 g/mol. The second kappa shape index (κ2) is 9.52. The lowest BCUT2D eigenvalue weighted by Crippen LogP contribution is -2.35. The first-order valence-electron chi connectivity index (χ1n) is 8.58. The molecular formula is C20H15FN5O3S. The van der Waals surface area contributed by atoms with E-state index in [1.165, 1.54) is 18.2 Å². The van der Waals surface area contributed by atoms with E-state index in [9.17, 15) is 14.0 Å². The first kappa shape index (κ1) is 20.8. The number of rotatable bonds is 6. The molecule has 4 N–H and O–H groups in total. The summed E-state index contributed by atoms with van der Waals surface area (Å²) in [6.07, 6.45) is 2.55. The van der Waals surface area contributed by atoms with Gasteiger partial charge in [-0.1, -0.05) is 30.3 Å². The molecule has 151 valence electrons. The maximum atomic E-state index is 14.4. The number of amides is 2. The van der Waals surface area contributed by atoms with Crippen LogP contribution in [0.2, 0.25) is 0 Å². The Morgan fingerprint density at radius 3 is 2.67 bits per heavy atom. The molecule has 1 heterocycles. The van der Waals surface area contributed by atoms with Crippen molar-refractivity contribution in [2.24, 2.45) is 5.73 Å². The number of anilines is 1. The van der Waals surface area contributed by atoms with Crippen LogP contribution < -0.4 is 21.1 Å². The van der Waals surface area contributed by atoms with Crippen molar-refractivity contribution in [3.63, 3.8) is 0 Å². The molecule has 8 nitrogen and oxygen atoms in total. The Hall–Kier alpha value is -3.92. The van der Waals surface area contributed by atoms with Gasteiger partial charge in [-0.25, -0.2) is 9.37 Å². The third kappa shape index (κ3) is 5.79. The number of carbonyl (C=O) groups is 2. The van der Waals surface area contributed by atoms with Crippen LogP contribution in [-0.2, 0) is 11.2 Å². The van der Waals surface area contributed by atoms with Gasteiger partial charge in [-0.05, 0) is 29.9 Å². The molecule has 0 aliphatic heterocycles. The van der Waals surface area contributed by atoms with Crippen molar-refractivity contribution in [2.45, 2.75) is 6.42 Å². The summed E-state index contributed by atoms with van der Waals surface area (Å²) < 4.78 is 19.6. The number of aromatic nitrogens is 2. The van der Waals surface area contributed by atoms with Gasteiger partial charge in [0.2, 0.25) is 17.6 Å². The molecule has 2 aromatic carbocycles. The van der Waals surface area contributed by atoms with Crippen LogP contribution in [0.4, 0.5) is 10.1 Å². The number of nitrogens with zero attached hydrogens (tertiary/aromatic N) is 2. The van der Waals surface area contributed by atoms with E-state index in [1.807, 2.05) is 30.3 Å². The topological polar surface area (TPSA) is 119 Å². The fourth-order valence-corrected chi connectivity index (χ4v) is 2.59. The Bertz CT molecular complexity index is 1090. The lowest BCUT2D eigenvalue weighted by molar-refractivity contribution is -0.119. The molecule has 2 amide bonds. The summed E-state index contributed by atoms with van der Waals surface area (Å²) in [6, 6.07) is 14.4. The average Bonchev–Trinajstić information content (AvgIpc) is 2.71. The van der Waals surface area contributed by atoms with Gasteiger partial charge in [0.1, 0.15) is 0 Å². The number of thiocarbonyl (C=S) groups is 1. The molecule has 0 fully saturated rings. The molecule has 0 spiro atoms. The molecular weight excluding hydrogens is 409 g/mol. The number of nitrogens with two attached hydrogens (primary N) is 1. The second-order valence-corrected chi connectivity index (χ2v) is 6.34.